The first kappa shape index (κ1) is 17.5. The average molecular weight is 342 g/mol. The van der Waals surface area contributed by atoms with Crippen LogP contribution >= 0.6 is 0 Å². The van der Waals surface area contributed by atoms with Gasteiger partial charge in [-0.1, -0.05) is 35.0 Å². The molecule has 5 nitrogen and oxygen atoms in total. The molecule has 134 valence electrons. The molecule has 0 radical (unpaired) electrons. The maximum absolute atomic E-state index is 12.1. The minimum atomic E-state index is -0.457. The third-order valence-corrected chi connectivity index (χ3v) is 4.42. The highest BCUT2D eigenvalue weighted by Gasteiger charge is 2.29. The monoisotopic (exact) mass is 342 g/mol. The van der Waals surface area contributed by atoms with E-state index in [-0.39, 0.29) is 6.09 Å². The van der Waals surface area contributed by atoms with Gasteiger partial charge in [-0.2, -0.15) is 0 Å². The zero-order valence-corrected chi connectivity index (χ0v) is 15.4. The number of nitrogens with zero attached hydrogens (tertiary/aromatic N) is 2. The summed E-state index contributed by atoms with van der Waals surface area (Å²) in [5.41, 5.74) is 2.69. The Kier molecular flexibility index (Phi) is 4.84. The molecule has 0 saturated carbocycles. The van der Waals surface area contributed by atoms with Gasteiger partial charge < -0.3 is 14.2 Å². The van der Waals surface area contributed by atoms with Crippen LogP contribution in [0.25, 0.3) is 11.3 Å². The van der Waals surface area contributed by atoms with Gasteiger partial charge in [-0.3, -0.25) is 0 Å². The van der Waals surface area contributed by atoms with E-state index in [1.165, 1.54) is 5.56 Å². The zero-order chi connectivity index (χ0) is 18.0. The first-order valence-electron chi connectivity index (χ1n) is 8.83. The summed E-state index contributed by atoms with van der Waals surface area (Å²) in [4.78, 5) is 13.9. The van der Waals surface area contributed by atoms with E-state index in [9.17, 15) is 4.79 Å². The summed E-state index contributed by atoms with van der Waals surface area (Å²) in [6.07, 6.45) is 1.49. The smallest absolute Gasteiger partial charge is 0.410 e. The summed E-state index contributed by atoms with van der Waals surface area (Å²) in [5, 5.41) is 4.21. The lowest BCUT2D eigenvalue weighted by Crippen LogP contribution is -2.41. The third-order valence-electron chi connectivity index (χ3n) is 4.42. The molecule has 1 saturated heterocycles. The van der Waals surface area contributed by atoms with Crippen LogP contribution in [0.15, 0.2) is 34.9 Å². The third kappa shape index (κ3) is 4.41. The first-order chi connectivity index (χ1) is 11.8. The van der Waals surface area contributed by atoms with E-state index in [1.807, 2.05) is 26.8 Å². The number of rotatable bonds is 2. The molecule has 1 fully saturated rings. The van der Waals surface area contributed by atoms with Crippen molar-refractivity contribution in [3.63, 3.8) is 0 Å². The molecular weight excluding hydrogens is 316 g/mol. The van der Waals surface area contributed by atoms with E-state index in [4.69, 9.17) is 9.26 Å². The van der Waals surface area contributed by atoms with Gasteiger partial charge >= 0.3 is 6.09 Å². The first-order valence-corrected chi connectivity index (χ1v) is 8.83. The molecule has 1 aliphatic rings. The van der Waals surface area contributed by atoms with Crippen molar-refractivity contribution >= 4 is 6.09 Å². The summed E-state index contributed by atoms with van der Waals surface area (Å²) < 4.78 is 11.0. The topological polar surface area (TPSA) is 55.6 Å². The van der Waals surface area contributed by atoms with Gasteiger partial charge in [0.1, 0.15) is 17.1 Å². The van der Waals surface area contributed by atoms with Crippen LogP contribution in [0.2, 0.25) is 0 Å². The summed E-state index contributed by atoms with van der Waals surface area (Å²) in [6, 6.07) is 10.3. The fourth-order valence-corrected chi connectivity index (χ4v) is 3.02. The molecule has 0 N–H and O–H groups in total. The highest BCUT2D eigenvalue weighted by molar-refractivity contribution is 5.68. The Morgan fingerprint density at radius 2 is 1.84 bits per heavy atom. The largest absolute Gasteiger partial charge is 0.444 e. The van der Waals surface area contributed by atoms with Crippen LogP contribution in [0.4, 0.5) is 4.79 Å². The van der Waals surface area contributed by atoms with Gasteiger partial charge in [-0.05, 0) is 40.5 Å². The lowest BCUT2D eigenvalue weighted by atomic mass is 9.94. The van der Waals surface area contributed by atoms with Crippen LogP contribution in [-0.4, -0.2) is 34.8 Å². The maximum Gasteiger partial charge on any atom is 0.410 e. The molecule has 1 amide bonds. The molecule has 1 aromatic carbocycles. The Balaban J connectivity index is 1.60. The van der Waals surface area contributed by atoms with E-state index in [0.717, 1.165) is 29.9 Å². The van der Waals surface area contributed by atoms with Crippen molar-refractivity contribution in [2.75, 3.05) is 13.1 Å². The number of carbonyl (C=O) groups excluding carboxylic acids is 1. The second-order valence-electron chi connectivity index (χ2n) is 7.72. The van der Waals surface area contributed by atoms with Gasteiger partial charge in [0, 0.05) is 30.6 Å². The van der Waals surface area contributed by atoms with Gasteiger partial charge in [0.05, 0.1) is 0 Å². The van der Waals surface area contributed by atoms with Gasteiger partial charge in [-0.15, -0.1) is 0 Å². The van der Waals surface area contributed by atoms with Crippen molar-refractivity contribution in [2.45, 2.75) is 52.1 Å². The van der Waals surface area contributed by atoms with Crippen LogP contribution in [-0.2, 0) is 4.74 Å². The zero-order valence-electron chi connectivity index (χ0n) is 15.4. The minimum Gasteiger partial charge on any atom is -0.444 e. The molecule has 3 rings (SSSR count). The number of piperidine rings is 1. The Morgan fingerprint density at radius 3 is 2.44 bits per heavy atom. The predicted molar refractivity (Wildman–Crippen MR) is 96.5 cm³/mol. The highest BCUT2D eigenvalue weighted by atomic mass is 16.6. The lowest BCUT2D eigenvalue weighted by molar-refractivity contribution is 0.0199. The van der Waals surface area contributed by atoms with Gasteiger partial charge in [0.2, 0.25) is 0 Å². The quantitative estimate of drug-likeness (QED) is 0.789. The number of hydrogen-bond acceptors (Lipinski definition) is 4. The summed E-state index contributed by atoms with van der Waals surface area (Å²) >= 11 is 0. The maximum atomic E-state index is 12.1. The van der Waals surface area contributed by atoms with Gasteiger partial charge in [0.15, 0.2) is 0 Å². The molecule has 25 heavy (non-hydrogen) atoms. The number of aromatic nitrogens is 1. The minimum absolute atomic E-state index is 0.233. The number of carbonyl (C=O) groups is 1. The van der Waals surface area contributed by atoms with E-state index < -0.39 is 5.60 Å². The predicted octanol–water partition coefficient (Wildman–Crippen LogP) is 4.76. The van der Waals surface area contributed by atoms with Crippen molar-refractivity contribution in [2.24, 2.45) is 0 Å². The normalized spacial score (nSPS) is 16.1. The van der Waals surface area contributed by atoms with Crippen molar-refractivity contribution in [1.82, 2.24) is 10.1 Å². The van der Waals surface area contributed by atoms with Crippen molar-refractivity contribution in [3.05, 3.63) is 41.7 Å². The van der Waals surface area contributed by atoms with Crippen molar-refractivity contribution in [3.8, 4) is 11.3 Å². The van der Waals surface area contributed by atoms with E-state index in [0.29, 0.717) is 19.0 Å². The SMILES string of the molecule is Cc1ccc(-c2cc(C3CCN(C(=O)OC(C)(C)C)CC3)on2)cc1. The van der Waals surface area contributed by atoms with E-state index >= 15 is 0 Å². The van der Waals surface area contributed by atoms with Crippen LogP contribution < -0.4 is 0 Å². The van der Waals surface area contributed by atoms with Gasteiger partial charge in [-0.25, -0.2) is 4.79 Å². The molecule has 5 heteroatoms. The molecule has 2 heterocycles. The van der Waals surface area contributed by atoms with Crippen LogP contribution in [0.5, 0.6) is 0 Å². The number of benzene rings is 1. The Bertz CT molecular complexity index is 720. The lowest BCUT2D eigenvalue weighted by Gasteiger charge is -2.32. The van der Waals surface area contributed by atoms with E-state index in [2.05, 4.69) is 36.3 Å². The van der Waals surface area contributed by atoms with Crippen LogP contribution in [0.3, 0.4) is 0 Å². The summed E-state index contributed by atoms with van der Waals surface area (Å²) in [5.74, 6) is 1.20. The molecule has 0 spiro atoms. The molecule has 0 unspecified atom stereocenters. The van der Waals surface area contributed by atoms with E-state index in [1.54, 1.807) is 4.90 Å². The Hall–Kier alpha value is -2.30. The number of likely N-dealkylation sites (tertiary alicyclic amines) is 1. The van der Waals surface area contributed by atoms with Crippen LogP contribution in [0.1, 0.15) is 50.9 Å². The molecule has 0 aliphatic carbocycles. The number of ether oxygens (including phenoxy) is 1. The van der Waals surface area contributed by atoms with Crippen LogP contribution in [0, 0.1) is 6.92 Å². The number of hydrogen-bond donors (Lipinski definition) is 0. The molecule has 2 aromatic rings. The van der Waals surface area contributed by atoms with Crippen molar-refractivity contribution < 1.29 is 14.1 Å². The van der Waals surface area contributed by atoms with Gasteiger partial charge in [0.25, 0.3) is 0 Å². The standard InChI is InChI=1S/C20H26N2O3/c1-14-5-7-15(8-6-14)17-13-18(25-21-17)16-9-11-22(12-10-16)19(23)24-20(2,3)4/h5-8,13,16H,9-12H2,1-4H3. The second kappa shape index (κ2) is 6.90. The number of amides is 1. The molecule has 0 atom stereocenters. The summed E-state index contributed by atoms with van der Waals surface area (Å²) in [7, 11) is 0. The summed E-state index contributed by atoms with van der Waals surface area (Å²) in [6.45, 7) is 9.09. The fourth-order valence-electron chi connectivity index (χ4n) is 3.02. The number of aryl methyl sites for hydroxylation is 1. The highest BCUT2D eigenvalue weighted by Crippen LogP contribution is 2.31. The molecule has 1 aliphatic heterocycles. The second-order valence-corrected chi connectivity index (χ2v) is 7.72. The average Bonchev–Trinajstić information content (AvgIpc) is 3.04. The fraction of sp³-hybridized carbons (Fsp3) is 0.500. The molecule has 1 aromatic heterocycles. The molecular formula is C20H26N2O3. The Morgan fingerprint density at radius 1 is 1.20 bits per heavy atom. The Labute approximate surface area is 148 Å². The van der Waals surface area contributed by atoms with Crippen molar-refractivity contribution in [1.29, 1.82) is 0 Å². The molecule has 0 bridgehead atoms.